The lowest BCUT2D eigenvalue weighted by molar-refractivity contribution is 1.17. The highest BCUT2D eigenvalue weighted by Crippen LogP contribution is 2.04. The molecule has 0 spiro atoms. The Hall–Kier alpha value is -1.17. The minimum Gasteiger partial charge on any atom is -0.384 e. The van der Waals surface area contributed by atoms with Crippen molar-refractivity contribution in [2.75, 3.05) is 5.73 Å². The summed E-state index contributed by atoms with van der Waals surface area (Å²) in [5, 5.41) is 0.729. The molecule has 0 radical (unpaired) electrons. The smallest absolute Gasteiger partial charge is 0.224 e. The van der Waals surface area contributed by atoms with E-state index in [9.17, 15) is 0 Å². The number of nitrogens with two attached hydrogens (primary N) is 1. The number of aromatic nitrogens is 4. The van der Waals surface area contributed by atoms with Crippen LogP contribution < -0.4 is 5.73 Å². The summed E-state index contributed by atoms with van der Waals surface area (Å²) in [5.74, 6) is 0.394. The zero-order chi connectivity index (χ0) is 12.0. The summed E-state index contributed by atoms with van der Waals surface area (Å²) < 4.78 is 0. The Morgan fingerprint density at radius 1 is 0.875 bits per heavy atom. The van der Waals surface area contributed by atoms with Gasteiger partial charge in [-0.1, -0.05) is 11.6 Å². The Kier molecular flexibility index (Phi) is 5.18. The average Bonchev–Trinajstić information content (AvgIpc) is 2.17. The Labute approximate surface area is 107 Å². The molecule has 8 heteroatoms. The second-order valence-electron chi connectivity index (χ2n) is 2.40. The fourth-order valence-electron chi connectivity index (χ4n) is 0.662. The van der Waals surface area contributed by atoms with Crippen molar-refractivity contribution in [1.29, 1.82) is 0 Å². The largest absolute Gasteiger partial charge is 0.384 e. The van der Waals surface area contributed by atoms with E-state index >= 15 is 0 Å². The number of rotatable bonds is 0. The lowest BCUT2D eigenvalue weighted by Gasteiger charge is -1.87. The summed E-state index contributed by atoms with van der Waals surface area (Å²) in [4.78, 5) is 14.4. The van der Waals surface area contributed by atoms with Gasteiger partial charge in [0.25, 0.3) is 0 Å². The summed E-state index contributed by atoms with van der Waals surface area (Å²) in [6.07, 6.45) is 3.00. The van der Waals surface area contributed by atoms with Gasteiger partial charge in [0, 0.05) is 12.4 Å². The quantitative estimate of drug-likeness (QED) is 0.592. The maximum absolute atomic E-state index is 5.41. The first-order valence-corrected chi connectivity index (χ1v) is 5.09. The van der Waals surface area contributed by atoms with Crippen LogP contribution in [0.1, 0.15) is 0 Å². The topological polar surface area (TPSA) is 77.6 Å². The van der Waals surface area contributed by atoms with Crippen LogP contribution in [0.25, 0.3) is 0 Å². The lowest BCUT2D eigenvalue weighted by atomic mass is 10.6. The number of anilines is 1. The standard InChI is InChI=1S/C4H2Cl2N2.C4H4ClN3/c5-3-1-2-7-4(6)8-3;5-4-7-2-1-3(6)8-4/h1-2H;1-2H,(H2,6,7,8). The van der Waals surface area contributed by atoms with E-state index in [-0.39, 0.29) is 10.6 Å². The van der Waals surface area contributed by atoms with E-state index in [4.69, 9.17) is 40.5 Å². The first-order valence-electron chi connectivity index (χ1n) is 3.96. The second-order valence-corrected chi connectivity index (χ2v) is 3.46. The molecule has 0 saturated carbocycles. The first kappa shape index (κ1) is 12.9. The predicted octanol–water partition coefficient (Wildman–Crippen LogP) is 2.50. The normalized spacial score (nSPS) is 9.19. The fourth-order valence-corrected chi connectivity index (χ4v) is 1.14. The third kappa shape index (κ3) is 5.06. The van der Waals surface area contributed by atoms with Crippen LogP contribution in [0.15, 0.2) is 24.5 Å². The van der Waals surface area contributed by atoms with E-state index in [0.717, 1.165) is 0 Å². The van der Waals surface area contributed by atoms with Crippen LogP contribution in [0.4, 0.5) is 5.82 Å². The molecule has 0 bridgehead atoms. The van der Waals surface area contributed by atoms with Gasteiger partial charge in [-0.3, -0.25) is 0 Å². The number of nitrogens with zero attached hydrogens (tertiary/aromatic N) is 4. The SMILES string of the molecule is Clc1ccnc(Cl)n1.Nc1ccnc(Cl)n1. The molecule has 2 heterocycles. The number of nitrogen functional groups attached to an aromatic ring is 1. The fraction of sp³-hybridized carbons (Fsp3) is 0. The molecule has 2 aromatic rings. The molecular formula is C8H6Cl3N5. The molecule has 0 saturated heterocycles. The van der Waals surface area contributed by atoms with Gasteiger partial charge >= 0.3 is 0 Å². The van der Waals surface area contributed by atoms with Crippen LogP contribution in [-0.2, 0) is 0 Å². The Balaban J connectivity index is 0.000000160. The Morgan fingerprint density at radius 3 is 1.75 bits per heavy atom. The van der Waals surface area contributed by atoms with Crippen LogP contribution in [0.2, 0.25) is 15.7 Å². The van der Waals surface area contributed by atoms with Gasteiger partial charge in [-0.25, -0.2) is 19.9 Å². The number of hydrogen-bond donors (Lipinski definition) is 1. The van der Waals surface area contributed by atoms with Crippen molar-refractivity contribution in [3.05, 3.63) is 40.2 Å². The maximum atomic E-state index is 5.41. The van der Waals surface area contributed by atoms with Crippen LogP contribution >= 0.6 is 34.8 Å². The van der Waals surface area contributed by atoms with Gasteiger partial charge < -0.3 is 5.73 Å². The summed E-state index contributed by atoms with van der Waals surface area (Å²) in [7, 11) is 0. The van der Waals surface area contributed by atoms with Gasteiger partial charge in [0.1, 0.15) is 11.0 Å². The van der Waals surface area contributed by atoms with Crippen molar-refractivity contribution in [2.24, 2.45) is 0 Å². The summed E-state index contributed by atoms with van der Waals surface area (Å²) >= 11 is 16.1. The van der Waals surface area contributed by atoms with Crippen molar-refractivity contribution in [3.63, 3.8) is 0 Å². The number of halogens is 3. The van der Waals surface area contributed by atoms with Gasteiger partial charge in [0.2, 0.25) is 10.6 Å². The highest BCUT2D eigenvalue weighted by atomic mass is 35.5. The first-order chi connectivity index (χ1) is 7.58. The van der Waals surface area contributed by atoms with Gasteiger partial charge in [-0.05, 0) is 35.3 Å². The molecule has 0 fully saturated rings. The minimum absolute atomic E-state index is 0.178. The van der Waals surface area contributed by atoms with E-state index in [1.54, 1.807) is 12.1 Å². The molecule has 0 unspecified atom stereocenters. The van der Waals surface area contributed by atoms with E-state index in [1.807, 2.05) is 0 Å². The molecule has 0 aliphatic heterocycles. The molecule has 2 aromatic heterocycles. The third-order valence-electron chi connectivity index (χ3n) is 1.24. The van der Waals surface area contributed by atoms with Gasteiger partial charge in [-0.15, -0.1) is 0 Å². The Bertz CT molecular complexity index is 387. The molecule has 0 aromatic carbocycles. The molecule has 5 nitrogen and oxygen atoms in total. The molecule has 2 rings (SSSR count). The van der Waals surface area contributed by atoms with Crippen molar-refractivity contribution >= 4 is 40.6 Å². The van der Waals surface area contributed by atoms with Crippen LogP contribution in [0, 0.1) is 0 Å². The highest BCUT2D eigenvalue weighted by molar-refractivity contribution is 6.31. The van der Waals surface area contributed by atoms with Crippen molar-refractivity contribution in [3.8, 4) is 0 Å². The third-order valence-corrected chi connectivity index (χ3v) is 1.81. The Morgan fingerprint density at radius 2 is 1.44 bits per heavy atom. The summed E-state index contributed by atoms with van der Waals surface area (Å²) in [6, 6.07) is 3.14. The molecule has 2 N–H and O–H groups in total. The molecule has 0 aliphatic carbocycles. The van der Waals surface area contributed by atoms with E-state index in [0.29, 0.717) is 11.0 Å². The maximum Gasteiger partial charge on any atom is 0.224 e. The minimum atomic E-state index is 0.178. The second kappa shape index (κ2) is 6.42. The number of hydrogen-bond acceptors (Lipinski definition) is 5. The molecule has 0 atom stereocenters. The molecule has 0 aliphatic rings. The van der Waals surface area contributed by atoms with Gasteiger partial charge in [0.05, 0.1) is 0 Å². The van der Waals surface area contributed by atoms with Crippen LogP contribution in [-0.4, -0.2) is 19.9 Å². The average molecular weight is 279 g/mol. The van der Waals surface area contributed by atoms with Crippen LogP contribution in [0.3, 0.4) is 0 Å². The van der Waals surface area contributed by atoms with Gasteiger partial charge in [-0.2, -0.15) is 0 Å². The predicted molar refractivity (Wildman–Crippen MR) is 63.5 cm³/mol. The molecular weight excluding hydrogens is 272 g/mol. The van der Waals surface area contributed by atoms with E-state index in [1.165, 1.54) is 12.4 Å². The monoisotopic (exact) mass is 277 g/mol. The lowest BCUT2D eigenvalue weighted by Crippen LogP contribution is -1.89. The summed E-state index contributed by atoms with van der Waals surface area (Å²) in [5.41, 5.74) is 5.22. The van der Waals surface area contributed by atoms with Crippen LogP contribution in [0.5, 0.6) is 0 Å². The molecule has 0 amide bonds. The zero-order valence-corrected chi connectivity index (χ0v) is 10.1. The van der Waals surface area contributed by atoms with Gasteiger partial charge in [0.15, 0.2) is 0 Å². The highest BCUT2D eigenvalue weighted by Gasteiger charge is 1.88. The van der Waals surface area contributed by atoms with Crippen molar-refractivity contribution < 1.29 is 0 Å². The van der Waals surface area contributed by atoms with Crippen molar-refractivity contribution in [2.45, 2.75) is 0 Å². The zero-order valence-electron chi connectivity index (χ0n) is 7.81. The van der Waals surface area contributed by atoms with E-state index < -0.39 is 0 Å². The molecule has 16 heavy (non-hydrogen) atoms. The molecule has 84 valence electrons. The van der Waals surface area contributed by atoms with E-state index in [2.05, 4.69) is 19.9 Å². The van der Waals surface area contributed by atoms with Crippen molar-refractivity contribution in [1.82, 2.24) is 19.9 Å². The summed E-state index contributed by atoms with van der Waals surface area (Å²) in [6.45, 7) is 0.